The van der Waals surface area contributed by atoms with Crippen molar-refractivity contribution in [1.82, 2.24) is 10.3 Å². The van der Waals surface area contributed by atoms with Crippen molar-refractivity contribution in [2.24, 2.45) is 0 Å². The van der Waals surface area contributed by atoms with Gasteiger partial charge in [-0.25, -0.2) is 0 Å². The number of aliphatic carboxylic acids is 1. The lowest BCUT2D eigenvalue weighted by atomic mass is 10.0. The summed E-state index contributed by atoms with van der Waals surface area (Å²) in [4.78, 5) is 14.5. The number of fused-ring (bicyclic) bond motifs is 1. The summed E-state index contributed by atoms with van der Waals surface area (Å²) in [7, 11) is 0. The number of benzene rings is 1. The third-order valence-electron chi connectivity index (χ3n) is 3.40. The van der Waals surface area contributed by atoms with Gasteiger partial charge in [-0.1, -0.05) is 20.4 Å². The van der Waals surface area contributed by atoms with Crippen molar-refractivity contribution in [1.29, 1.82) is 0 Å². The topological polar surface area (TPSA) is 94.6 Å². The number of rotatable bonds is 8. The summed E-state index contributed by atoms with van der Waals surface area (Å²) in [6.07, 6.45) is 2.18. The molecule has 0 fully saturated rings. The molecule has 0 amide bonds. The molecule has 0 unspecified atom stereocenters. The number of carboxylic acids is 1. The van der Waals surface area contributed by atoms with E-state index in [2.05, 4.69) is 16.9 Å². The zero-order chi connectivity index (χ0) is 17.0. The molecule has 2 aromatic rings. The van der Waals surface area contributed by atoms with E-state index in [1.807, 2.05) is 32.2 Å². The van der Waals surface area contributed by atoms with Gasteiger partial charge in [-0.2, -0.15) is 0 Å². The fourth-order valence-electron chi connectivity index (χ4n) is 2.42. The highest BCUT2D eigenvalue weighted by atomic mass is 16.5. The second-order valence-corrected chi connectivity index (χ2v) is 5.79. The Morgan fingerprint density at radius 1 is 1.39 bits per heavy atom. The summed E-state index contributed by atoms with van der Waals surface area (Å²) in [6.45, 7) is 7.23. The smallest absolute Gasteiger partial charge is 0.321 e. The van der Waals surface area contributed by atoms with Crippen LogP contribution in [0.25, 0.3) is 10.9 Å². The van der Waals surface area contributed by atoms with Gasteiger partial charge in [0.1, 0.15) is 24.2 Å². The SMILES string of the molecule is C=C(O)COc1ccc2[nH]cc(C[C@H](NC(C)C)C(=O)O)c2c1. The van der Waals surface area contributed by atoms with Crippen molar-refractivity contribution >= 4 is 16.9 Å². The summed E-state index contributed by atoms with van der Waals surface area (Å²) >= 11 is 0. The van der Waals surface area contributed by atoms with Crippen LogP contribution in [0.2, 0.25) is 0 Å². The summed E-state index contributed by atoms with van der Waals surface area (Å²) in [5, 5.41) is 22.4. The van der Waals surface area contributed by atoms with E-state index < -0.39 is 12.0 Å². The fourth-order valence-corrected chi connectivity index (χ4v) is 2.42. The molecular weight excluding hydrogens is 296 g/mol. The van der Waals surface area contributed by atoms with E-state index in [0.717, 1.165) is 16.5 Å². The number of aliphatic hydroxyl groups excluding tert-OH is 1. The van der Waals surface area contributed by atoms with Gasteiger partial charge in [0, 0.05) is 29.6 Å². The number of hydrogen-bond acceptors (Lipinski definition) is 4. The van der Waals surface area contributed by atoms with E-state index in [4.69, 9.17) is 9.84 Å². The molecule has 124 valence electrons. The average Bonchev–Trinajstić information content (AvgIpc) is 2.86. The summed E-state index contributed by atoms with van der Waals surface area (Å²) in [6, 6.07) is 4.90. The Hall–Kier alpha value is -2.47. The second-order valence-electron chi connectivity index (χ2n) is 5.79. The molecule has 23 heavy (non-hydrogen) atoms. The van der Waals surface area contributed by atoms with Crippen LogP contribution >= 0.6 is 0 Å². The lowest BCUT2D eigenvalue weighted by Gasteiger charge is -2.17. The average molecular weight is 318 g/mol. The monoisotopic (exact) mass is 318 g/mol. The van der Waals surface area contributed by atoms with Gasteiger partial charge >= 0.3 is 5.97 Å². The first-order chi connectivity index (χ1) is 10.9. The van der Waals surface area contributed by atoms with Crippen LogP contribution in [0.1, 0.15) is 19.4 Å². The minimum Gasteiger partial charge on any atom is -0.509 e. The Bertz CT molecular complexity index is 706. The summed E-state index contributed by atoms with van der Waals surface area (Å²) < 4.78 is 5.42. The van der Waals surface area contributed by atoms with Gasteiger partial charge in [0.2, 0.25) is 0 Å². The van der Waals surface area contributed by atoms with Crippen LogP contribution in [0.3, 0.4) is 0 Å². The normalized spacial score (nSPS) is 12.5. The number of carboxylic acid groups (broad SMARTS) is 1. The Kier molecular flexibility index (Phi) is 5.28. The molecule has 2 rings (SSSR count). The molecule has 6 nitrogen and oxygen atoms in total. The first kappa shape index (κ1) is 16.9. The molecule has 4 N–H and O–H groups in total. The van der Waals surface area contributed by atoms with Crippen LogP contribution in [-0.4, -0.2) is 39.9 Å². The number of hydrogen-bond donors (Lipinski definition) is 4. The molecule has 0 aliphatic carbocycles. The van der Waals surface area contributed by atoms with Crippen molar-refractivity contribution in [2.75, 3.05) is 6.61 Å². The third-order valence-corrected chi connectivity index (χ3v) is 3.40. The number of nitrogens with one attached hydrogen (secondary N) is 2. The van der Waals surface area contributed by atoms with Gasteiger partial charge in [0.05, 0.1) is 0 Å². The predicted molar refractivity (Wildman–Crippen MR) is 89.0 cm³/mol. The van der Waals surface area contributed by atoms with Crippen molar-refractivity contribution in [3.05, 3.63) is 42.3 Å². The van der Waals surface area contributed by atoms with E-state index in [1.165, 1.54) is 0 Å². The number of H-pyrrole nitrogens is 1. The standard InChI is InChI=1S/C17H22N2O4/c1-10(2)19-16(17(21)22)6-12-8-18-15-5-4-13(7-14(12)15)23-9-11(3)20/h4-5,7-8,10,16,18-20H,3,6,9H2,1-2H3,(H,21,22)/t16-/m0/s1. The molecule has 0 saturated carbocycles. The molecule has 0 bridgehead atoms. The Morgan fingerprint density at radius 3 is 2.74 bits per heavy atom. The first-order valence-electron chi connectivity index (χ1n) is 7.45. The van der Waals surface area contributed by atoms with Crippen molar-refractivity contribution in [3.63, 3.8) is 0 Å². The Morgan fingerprint density at radius 2 is 2.13 bits per heavy atom. The van der Waals surface area contributed by atoms with E-state index >= 15 is 0 Å². The highest BCUT2D eigenvalue weighted by molar-refractivity contribution is 5.85. The van der Waals surface area contributed by atoms with Crippen LogP contribution < -0.4 is 10.1 Å². The van der Waals surface area contributed by atoms with Crippen LogP contribution in [0.4, 0.5) is 0 Å². The predicted octanol–water partition coefficient (Wildman–Crippen LogP) is 2.61. The minimum atomic E-state index is -0.878. The van der Waals surface area contributed by atoms with E-state index in [-0.39, 0.29) is 18.4 Å². The summed E-state index contributed by atoms with van der Waals surface area (Å²) in [5.74, 6) is -0.333. The number of aromatic nitrogens is 1. The maximum atomic E-state index is 11.4. The van der Waals surface area contributed by atoms with Crippen molar-refractivity contribution in [3.8, 4) is 5.75 Å². The largest absolute Gasteiger partial charge is 0.509 e. The van der Waals surface area contributed by atoms with Crippen LogP contribution in [0, 0.1) is 0 Å². The zero-order valence-corrected chi connectivity index (χ0v) is 13.3. The molecule has 0 aliphatic heterocycles. The fraction of sp³-hybridized carbons (Fsp3) is 0.353. The molecule has 1 aromatic heterocycles. The Balaban J connectivity index is 2.24. The van der Waals surface area contributed by atoms with E-state index in [1.54, 1.807) is 6.07 Å². The molecule has 0 radical (unpaired) electrons. The van der Waals surface area contributed by atoms with Gasteiger partial charge in [-0.3, -0.25) is 4.79 Å². The van der Waals surface area contributed by atoms with Crippen molar-refractivity contribution < 1.29 is 19.7 Å². The molecule has 0 spiro atoms. The Labute approximate surface area is 134 Å². The van der Waals surface area contributed by atoms with Gasteiger partial charge < -0.3 is 25.3 Å². The van der Waals surface area contributed by atoms with Gasteiger partial charge in [-0.15, -0.1) is 0 Å². The maximum Gasteiger partial charge on any atom is 0.321 e. The van der Waals surface area contributed by atoms with Crippen molar-refractivity contribution in [2.45, 2.75) is 32.4 Å². The molecule has 6 heteroatoms. The van der Waals surface area contributed by atoms with Crippen LogP contribution in [0.15, 0.2) is 36.7 Å². The zero-order valence-electron chi connectivity index (χ0n) is 13.3. The number of aromatic amines is 1. The summed E-state index contributed by atoms with van der Waals surface area (Å²) in [5.41, 5.74) is 1.80. The molecule has 0 aliphatic rings. The molecule has 1 aromatic carbocycles. The third kappa shape index (κ3) is 4.50. The minimum absolute atomic E-state index is 0.0257. The highest BCUT2D eigenvalue weighted by Gasteiger charge is 2.20. The van der Waals surface area contributed by atoms with Crippen LogP contribution in [-0.2, 0) is 11.2 Å². The second kappa shape index (κ2) is 7.19. The van der Waals surface area contributed by atoms with Crippen LogP contribution in [0.5, 0.6) is 5.75 Å². The lowest BCUT2D eigenvalue weighted by Crippen LogP contribution is -2.42. The first-order valence-corrected chi connectivity index (χ1v) is 7.45. The van der Waals surface area contributed by atoms with Gasteiger partial charge in [0.15, 0.2) is 0 Å². The number of ether oxygens (including phenoxy) is 1. The number of carbonyl (C=O) groups is 1. The van der Waals surface area contributed by atoms with Gasteiger partial charge in [-0.05, 0) is 23.8 Å². The highest BCUT2D eigenvalue weighted by Crippen LogP contribution is 2.25. The number of aliphatic hydroxyl groups is 1. The van der Waals surface area contributed by atoms with E-state index in [0.29, 0.717) is 12.2 Å². The molecule has 1 atom stereocenters. The quantitative estimate of drug-likeness (QED) is 0.561. The van der Waals surface area contributed by atoms with E-state index in [9.17, 15) is 9.90 Å². The molecule has 1 heterocycles. The lowest BCUT2D eigenvalue weighted by molar-refractivity contribution is -0.139. The molecular formula is C17H22N2O4. The maximum absolute atomic E-state index is 11.4. The molecule has 0 saturated heterocycles. The van der Waals surface area contributed by atoms with Gasteiger partial charge in [0.25, 0.3) is 0 Å².